The van der Waals surface area contributed by atoms with Crippen LogP contribution in [-0.2, 0) is 9.53 Å². The van der Waals surface area contributed by atoms with E-state index in [9.17, 15) is 9.90 Å². The van der Waals surface area contributed by atoms with Gasteiger partial charge in [-0.25, -0.2) is 0 Å². The lowest BCUT2D eigenvalue weighted by Crippen LogP contribution is -1.93. The van der Waals surface area contributed by atoms with Gasteiger partial charge < -0.3 is 14.6 Å². The van der Waals surface area contributed by atoms with E-state index in [2.05, 4.69) is 11.8 Å². The summed E-state index contributed by atoms with van der Waals surface area (Å²) in [5, 5.41) is 9.48. The Morgan fingerprint density at radius 1 is 1.36 bits per heavy atom. The largest absolute Gasteiger partial charge is 0.504 e. The highest BCUT2D eigenvalue weighted by Crippen LogP contribution is 2.26. The molecule has 0 saturated carbocycles. The van der Waals surface area contributed by atoms with Crippen molar-refractivity contribution in [2.45, 2.75) is 13.8 Å². The van der Waals surface area contributed by atoms with Gasteiger partial charge in [-0.15, -0.1) is 0 Å². The quantitative estimate of drug-likeness (QED) is 0.288. The number of phenolic OH excluding ortho intramolecular Hbond substituents is 1. The van der Waals surface area contributed by atoms with E-state index in [1.807, 2.05) is 19.9 Å². The number of carbonyl (C=O) groups excluding carboxylic acids is 1. The Morgan fingerprint density at radius 3 is 2.82 bits per heavy atom. The molecule has 1 N–H and O–H groups in total. The van der Waals surface area contributed by atoms with Crippen LogP contribution in [-0.4, -0.2) is 31.2 Å². The van der Waals surface area contributed by atoms with E-state index in [0.717, 1.165) is 5.56 Å². The molecule has 0 atom stereocenters. The molecule has 0 aliphatic rings. The minimum Gasteiger partial charge on any atom is -0.504 e. The first-order chi connectivity index (χ1) is 10.5. The Labute approximate surface area is 131 Å². The van der Waals surface area contributed by atoms with Crippen molar-refractivity contribution in [2.75, 3.05) is 20.3 Å². The lowest BCUT2D eigenvalue weighted by atomic mass is 10.1. The molecule has 0 bridgehead atoms. The number of carbonyl (C=O) groups is 1. The molecule has 1 aromatic rings. The zero-order chi connectivity index (χ0) is 16.4. The van der Waals surface area contributed by atoms with Crippen molar-refractivity contribution >= 4 is 11.9 Å². The molecular formula is C18H20O4. The van der Waals surface area contributed by atoms with E-state index in [4.69, 9.17) is 9.47 Å². The number of methoxy groups -OCH3 is 1. The van der Waals surface area contributed by atoms with Crippen LogP contribution >= 0.6 is 0 Å². The predicted molar refractivity (Wildman–Crippen MR) is 86.7 cm³/mol. The predicted octanol–water partition coefficient (Wildman–Crippen LogP) is 2.97. The first kappa shape index (κ1) is 17.5. The molecule has 0 fully saturated rings. The Bertz CT molecular complexity index is 626. The summed E-state index contributed by atoms with van der Waals surface area (Å²) in [5.74, 6) is 5.24. The van der Waals surface area contributed by atoms with Gasteiger partial charge in [0.15, 0.2) is 11.5 Å². The third-order valence-electron chi connectivity index (χ3n) is 2.63. The molecule has 0 aliphatic heterocycles. The fraction of sp³-hybridized carbons (Fsp3) is 0.278. The number of rotatable bonds is 6. The summed E-state index contributed by atoms with van der Waals surface area (Å²) in [4.78, 5) is 11.6. The lowest BCUT2D eigenvalue weighted by Gasteiger charge is -2.03. The topological polar surface area (TPSA) is 55.8 Å². The number of hydrogen-bond acceptors (Lipinski definition) is 4. The molecule has 0 aromatic heterocycles. The summed E-state index contributed by atoms with van der Waals surface area (Å²) in [6, 6.07) is 4.82. The van der Waals surface area contributed by atoms with Crippen molar-refractivity contribution in [1.82, 2.24) is 0 Å². The van der Waals surface area contributed by atoms with Crippen LogP contribution in [0.1, 0.15) is 19.4 Å². The number of ketones is 1. The molecule has 4 heteroatoms. The van der Waals surface area contributed by atoms with Gasteiger partial charge in [-0.2, -0.15) is 0 Å². The summed E-state index contributed by atoms with van der Waals surface area (Å²) in [7, 11) is 1.47. The number of benzene rings is 1. The standard InChI is InChI=1S/C18H20O4/c1-14(2)10-12-22-11-4-5-16(19)8-6-15-7-9-17(20)18(13-15)21-3/h6-10,13,20H,11-12H2,1-3H3. The van der Waals surface area contributed by atoms with Crippen LogP contribution in [0.2, 0.25) is 0 Å². The second kappa shape index (κ2) is 9.43. The Morgan fingerprint density at radius 2 is 2.14 bits per heavy atom. The Hall–Kier alpha value is -2.51. The first-order valence-corrected chi connectivity index (χ1v) is 6.82. The summed E-state index contributed by atoms with van der Waals surface area (Å²) in [5.41, 5.74) is 1.92. The smallest absolute Gasteiger partial charge is 0.228 e. The molecule has 4 nitrogen and oxygen atoms in total. The third-order valence-corrected chi connectivity index (χ3v) is 2.63. The molecule has 0 radical (unpaired) electrons. The van der Waals surface area contributed by atoms with Gasteiger partial charge in [0.1, 0.15) is 6.61 Å². The van der Waals surface area contributed by atoms with Gasteiger partial charge in [0, 0.05) is 0 Å². The zero-order valence-electron chi connectivity index (χ0n) is 13.1. The van der Waals surface area contributed by atoms with Crippen LogP contribution in [0.5, 0.6) is 11.5 Å². The molecule has 0 spiro atoms. The molecular weight excluding hydrogens is 280 g/mol. The summed E-state index contributed by atoms with van der Waals surface area (Å²) >= 11 is 0. The van der Waals surface area contributed by atoms with Gasteiger partial charge in [0.2, 0.25) is 5.78 Å². The number of aromatic hydroxyl groups is 1. The van der Waals surface area contributed by atoms with Crippen LogP contribution in [0, 0.1) is 11.8 Å². The average molecular weight is 300 g/mol. The van der Waals surface area contributed by atoms with Crippen molar-refractivity contribution < 1.29 is 19.4 Å². The Balaban J connectivity index is 2.50. The molecule has 0 amide bonds. The highest BCUT2D eigenvalue weighted by atomic mass is 16.5. The number of ether oxygens (including phenoxy) is 2. The van der Waals surface area contributed by atoms with Crippen molar-refractivity contribution in [3.63, 3.8) is 0 Å². The van der Waals surface area contributed by atoms with Crippen LogP contribution in [0.15, 0.2) is 35.9 Å². The minimum absolute atomic E-state index is 0.0549. The van der Waals surface area contributed by atoms with Gasteiger partial charge in [-0.3, -0.25) is 4.79 Å². The van der Waals surface area contributed by atoms with E-state index in [1.165, 1.54) is 24.8 Å². The number of hydrogen-bond donors (Lipinski definition) is 1. The summed E-state index contributed by atoms with van der Waals surface area (Å²) in [6.45, 7) is 4.69. The van der Waals surface area contributed by atoms with Crippen LogP contribution in [0.4, 0.5) is 0 Å². The van der Waals surface area contributed by atoms with Gasteiger partial charge in [0.25, 0.3) is 0 Å². The van der Waals surface area contributed by atoms with Crippen molar-refractivity contribution in [2.24, 2.45) is 0 Å². The molecule has 22 heavy (non-hydrogen) atoms. The molecule has 0 heterocycles. The van der Waals surface area contributed by atoms with E-state index in [0.29, 0.717) is 12.4 Å². The maximum atomic E-state index is 11.6. The first-order valence-electron chi connectivity index (χ1n) is 6.82. The van der Waals surface area contributed by atoms with E-state index < -0.39 is 0 Å². The molecule has 1 aromatic carbocycles. The second-order valence-electron chi connectivity index (χ2n) is 4.73. The maximum absolute atomic E-state index is 11.6. The average Bonchev–Trinajstić information content (AvgIpc) is 2.49. The van der Waals surface area contributed by atoms with Crippen LogP contribution in [0.3, 0.4) is 0 Å². The van der Waals surface area contributed by atoms with E-state index in [-0.39, 0.29) is 18.1 Å². The number of allylic oxidation sites excluding steroid dienone is 2. The molecule has 0 unspecified atom stereocenters. The summed E-state index contributed by atoms with van der Waals surface area (Å²) < 4.78 is 10.2. The highest BCUT2D eigenvalue weighted by Gasteiger charge is 2.00. The number of phenols is 1. The van der Waals surface area contributed by atoms with Crippen molar-refractivity contribution in [3.8, 4) is 23.3 Å². The SMILES string of the molecule is COc1cc(C=CC(=O)C#CCOCC=C(C)C)ccc1O. The molecule has 116 valence electrons. The summed E-state index contributed by atoms with van der Waals surface area (Å²) in [6.07, 6.45) is 4.93. The maximum Gasteiger partial charge on any atom is 0.228 e. The van der Waals surface area contributed by atoms with Crippen LogP contribution in [0.25, 0.3) is 6.08 Å². The van der Waals surface area contributed by atoms with Crippen molar-refractivity contribution in [3.05, 3.63) is 41.5 Å². The van der Waals surface area contributed by atoms with E-state index in [1.54, 1.807) is 18.2 Å². The molecule has 0 aliphatic carbocycles. The lowest BCUT2D eigenvalue weighted by molar-refractivity contribution is -0.109. The second-order valence-corrected chi connectivity index (χ2v) is 4.73. The fourth-order valence-electron chi connectivity index (χ4n) is 1.47. The Kier molecular flexibility index (Phi) is 7.52. The zero-order valence-corrected chi connectivity index (χ0v) is 13.1. The van der Waals surface area contributed by atoms with Gasteiger partial charge in [0.05, 0.1) is 13.7 Å². The molecule has 1 rings (SSSR count). The van der Waals surface area contributed by atoms with Gasteiger partial charge in [-0.05, 0) is 43.5 Å². The molecule has 0 saturated heterocycles. The van der Waals surface area contributed by atoms with Crippen LogP contribution < -0.4 is 4.74 Å². The highest BCUT2D eigenvalue weighted by molar-refractivity contribution is 6.06. The monoisotopic (exact) mass is 300 g/mol. The van der Waals surface area contributed by atoms with Gasteiger partial charge >= 0.3 is 0 Å². The minimum atomic E-state index is -0.308. The fourth-order valence-corrected chi connectivity index (χ4v) is 1.47. The van der Waals surface area contributed by atoms with Gasteiger partial charge in [-0.1, -0.05) is 29.7 Å². The van der Waals surface area contributed by atoms with E-state index >= 15 is 0 Å². The third kappa shape index (κ3) is 6.78. The van der Waals surface area contributed by atoms with Crippen molar-refractivity contribution in [1.29, 1.82) is 0 Å². The normalized spacial score (nSPS) is 9.95.